The summed E-state index contributed by atoms with van der Waals surface area (Å²) in [6.45, 7) is -2.24. The maximum Gasteiger partial charge on any atom is 0.405 e. The minimum atomic E-state index is -4.53. The number of alkyl halides is 3. The molecule has 20 heavy (non-hydrogen) atoms. The number of halogens is 4. The summed E-state index contributed by atoms with van der Waals surface area (Å²) in [7, 11) is 0. The Balaban J connectivity index is 2.63. The molecular formula is C11H9ClF3NO4. The third-order valence-corrected chi connectivity index (χ3v) is 2.25. The number of benzene rings is 1. The average Bonchev–Trinajstić information content (AvgIpc) is 2.32. The lowest BCUT2D eigenvalue weighted by Crippen LogP contribution is -2.36. The molecule has 0 aromatic heterocycles. The highest BCUT2D eigenvalue weighted by Gasteiger charge is 2.27. The van der Waals surface area contributed by atoms with E-state index in [2.05, 4.69) is 0 Å². The molecule has 1 amide bonds. The maximum atomic E-state index is 11.9. The van der Waals surface area contributed by atoms with Gasteiger partial charge in [0.2, 0.25) is 0 Å². The van der Waals surface area contributed by atoms with Gasteiger partial charge < -0.3 is 15.2 Å². The zero-order chi connectivity index (χ0) is 15.3. The summed E-state index contributed by atoms with van der Waals surface area (Å²) in [6.07, 6.45) is -4.53. The van der Waals surface area contributed by atoms with Gasteiger partial charge in [0.25, 0.3) is 5.91 Å². The number of carboxylic acid groups (broad SMARTS) is 1. The van der Waals surface area contributed by atoms with E-state index in [1.165, 1.54) is 6.07 Å². The molecule has 0 heterocycles. The van der Waals surface area contributed by atoms with Crippen LogP contribution in [0.2, 0.25) is 5.02 Å². The van der Waals surface area contributed by atoms with E-state index in [4.69, 9.17) is 21.4 Å². The molecule has 1 aromatic rings. The monoisotopic (exact) mass is 311 g/mol. The molecule has 9 heteroatoms. The van der Waals surface area contributed by atoms with Crippen LogP contribution in [0.25, 0.3) is 0 Å². The number of rotatable bonds is 5. The van der Waals surface area contributed by atoms with Crippen LogP contribution < -0.4 is 10.1 Å². The molecule has 0 aliphatic carbocycles. The van der Waals surface area contributed by atoms with Crippen molar-refractivity contribution >= 4 is 23.5 Å². The molecule has 1 rings (SSSR count). The highest BCUT2D eigenvalue weighted by molar-refractivity contribution is 6.30. The number of carbonyl (C=O) groups excluding carboxylic acids is 1. The number of nitrogens with one attached hydrogen (secondary N) is 1. The molecule has 0 spiro atoms. The van der Waals surface area contributed by atoms with Crippen LogP contribution in [-0.4, -0.2) is 36.3 Å². The SMILES string of the molecule is O=C(COc1cc(Cl)ccc1C(=O)O)NCC(F)(F)F. The molecule has 0 unspecified atom stereocenters. The number of carboxylic acids is 1. The highest BCUT2D eigenvalue weighted by Crippen LogP contribution is 2.23. The highest BCUT2D eigenvalue weighted by atomic mass is 35.5. The number of hydrogen-bond acceptors (Lipinski definition) is 3. The molecule has 110 valence electrons. The summed E-state index contributed by atoms with van der Waals surface area (Å²) in [6, 6.07) is 3.62. The van der Waals surface area contributed by atoms with Crippen molar-refractivity contribution in [3.8, 4) is 5.75 Å². The molecule has 0 aliphatic rings. The Morgan fingerprint density at radius 1 is 1.35 bits per heavy atom. The van der Waals surface area contributed by atoms with Crippen molar-refractivity contribution in [3.05, 3.63) is 28.8 Å². The summed E-state index contributed by atoms with van der Waals surface area (Å²) in [5, 5.41) is 10.6. The van der Waals surface area contributed by atoms with Gasteiger partial charge in [-0.15, -0.1) is 0 Å². The van der Waals surface area contributed by atoms with Crippen LogP contribution >= 0.6 is 11.6 Å². The van der Waals surface area contributed by atoms with Gasteiger partial charge in [0, 0.05) is 5.02 Å². The molecule has 0 radical (unpaired) electrons. The van der Waals surface area contributed by atoms with E-state index >= 15 is 0 Å². The molecule has 0 saturated heterocycles. The van der Waals surface area contributed by atoms with Gasteiger partial charge in [0.05, 0.1) is 0 Å². The Morgan fingerprint density at radius 2 is 2.00 bits per heavy atom. The van der Waals surface area contributed by atoms with Crippen molar-refractivity contribution in [1.29, 1.82) is 0 Å². The van der Waals surface area contributed by atoms with Crippen molar-refractivity contribution in [2.75, 3.05) is 13.2 Å². The van der Waals surface area contributed by atoms with Crippen molar-refractivity contribution in [3.63, 3.8) is 0 Å². The van der Waals surface area contributed by atoms with Gasteiger partial charge >= 0.3 is 12.1 Å². The molecular weight excluding hydrogens is 303 g/mol. The van der Waals surface area contributed by atoms with Gasteiger partial charge in [-0.1, -0.05) is 11.6 Å². The topological polar surface area (TPSA) is 75.6 Å². The fourth-order valence-corrected chi connectivity index (χ4v) is 1.35. The lowest BCUT2D eigenvalue weighted by atomic mass is 10.2. The van der Waals surface area contributed by atoms with Crippen LogP contribution in [0.3, 0.4) is 0 Å². The Morgan fingerprint density at radius 3 is 2.55 bits per heavy atom. The number of amides is 1. The maximum absolute atomic E-state index is 11.9. The van der Waals surface area contributed by atoms with Gasteiger partial charge in [-0.05, 0) is 18.2 Å². The molecule has 0 atom stereocenters. The van der Waals surface area contributed by atoms with Crippen LogP contribution in [0.15, 0.2) is 18.2 Å². The predicted molar refractivity (Wildman–Crippen MR) is 63.0 cm³/mol. The average molecular weight is 312 g/mol. The van der Waals surface area contributed by atoms with E-state index in [0.29, 0.717) is 0 Å². The van der Waals surface area contributed by atoms with Gasteiger partial charge in [-0.25, -0.2) is 4.79 Å². The van der Waals surface area contributed by atoms with Crippen LogP contribution in [0, 0.1) is 0 Å². The van der Waals surface area contributed by atoms with Gasteiger partial charge in [0.15, 0.2) is 6.61 Å². The third kappa shape index (κ3) is 5.35. The van der Waals surface area contributed by atoms with Crippen molar-refractivity contribution in [1.82, 2.24) is 5.32 Å². The van der Waals surface area contributed by atoms with Crippen LogP contribution in [-0.2, 0) is 4.79 Å². The first-order valence-corrected chi connectivity index (χ1v) is 5.56. The third-order valence-electron chi connectivity index (χ3n) is 2.02. The lowest BCUT2D eigenvalue weighted by molar-refractivity contribution is -0.139. The second-order valence-corrected chi connectivity index (χ2v) is 4.06. The predicted octanol–water partition coefficient (Wildman–Crippen LogP) is 2.10. The largest absolute Gasteiger partial charge is 0.483 e. The van der Waals surface area contributed by atoms with E-state index < -0.39 is 31.2 Å². The Bertz CT molecular complexity index is 519. The Labute approximate surface area is 116 Å². The summed E-state index contributed by atoms with van der Waals surface area (Å²) >= 11 is 5.64. The van der Waals surface area contributed by atoms with Gasteiger partial charge in [0.1, 0.15) is 17.9 Å². The standard InChI is InChI=1S/C11H9ClF3NO4/c12-6-1-2-7(10(18)19)8(3-6)20-4-9(17)16-5-11(13,14)15/h1-3H,4-5H2,(H,16,17)(H,18,19). The fraction of sp³-hybridized carbons (Fsp3) is 0.273. The second-order valence-electron chi connectivity index (χ2n) is 3.63. The first kappa shape index (κ1) is 16.1. The zero-order valence-corrected chi connectivity index (χ0v) is 10.6. The number of aromatic carboxylic acids is 1. The van der Waals surface area contributed by atoms with Crippen molar-refractivity contribution in [2.24, 2.45) is 0 Å². The molecule has 2 N–H and O–H groups in total. The first-order valence-electron chi connectivity index (χ1n) is 5.18. The zero-order valence-electron chi connectivity index (χ0n) is 9.83. The summed E-state index contributed by atoms with van der Waals surface area (Å²) in [4.78, 5) is 22.0. The van der Waals surface area contributed by atoms with Crippen molar-refractivity contribution < 1.29 is 32.6 Å². The molecule has 0 fully saturated rings. The van der Waals surface area contributed by atoms with Crippen molar-refractivity contribution in [2.45, 2.75) is 6.18 Å². The minimum absolute atomic E-state index is 0.167. The second kappa shape index (κ2) is 6.47. The number of ether oxygens (including phenoxy) is 1. The van der Waals surface area contributed by atoms with E-state index in [9.17, 15) is 22.8 Å². The molecule has 5 nitrogen and oxygen atoms in total. The normalized spacial score (nSPS) is 11.0. The minimum Gasteiger partial charge on any atom is -0.483 e. The summed E-state index contributed by atoms with van der Waals surface area (Å²) < 4.78 is 40.4. The van der Waals surface area contributed by atoms with Gasteiger partial charge in [-0.3, -0.25) is 4.79 Å². The van der Waals surface area contributed by atoms with Gasteiger partial charge in [-0.2, -0.15) is 13.2 Å². The first-order chi connectivity index (χ1) is 9.19. The quantitative estimate of drug-likeness (QED) is 0.873. The van der Waals surface area contributed by atoms with E-state index in [1.807, 2.05) is 0 Å². The van der Waals surface area contributed by atoms with E-state index in [0.717, 1.165) is 12.1 Å². The number of hydrogen-bond donors (Lipinski definition) is 2. The van der Waals surface area contributed by atoms with E-state index in [1.54, 1.807) is 5.32 Å². The van der Waals surface area contributed by atoms with Crippen LogP contribution in [0.4, 0.5) is 13.2 Å². The Kier molecular flexibility index (Phi) is 5.20. The fourth-order valence-electron chi connectivity index (χ4n) is 1.19. The van der Waals surface area contributed by atoms with Crippen LogP contribution in [0.1, 0.15) is 10.4 Å². The summed E-state index contributed by atoms with van der Waals surface area (Å²) in [5.41, 5.74) is -0.252. The smallest absolute Gasteiger partial charge is 0.405 e. The number of carbonyl (C=O) groups is 2. The molecule has 0 saturated carbocycles. The van der Waals surface area contributed by atoms with E-state index in [-0.39, 0.29) is 16.3 Å². The lowest BCUT2D eigenvalue weighted by Gasteiger charge is -2.11. The summed E-state index contributed by atoms with van der Waals surface area (Å²) in [5.74, 6) is -2.54. The van der Waals surface area contributed by atoms with Crippen LogP contribution in [0.5, 0.6) is 5.75 Å². The molecule has 1 aromatic carbocycles. The molecule has 0 aliphatic heterocycles. The molecule has 0 bridgehead atoms. The Hall–Kier alpha value is -1.96.